The van der Waals surface area contributed by atoms with Crippen molar-refractivity contribution in [2.75, 3.05) is 0 Å². The van der Waals surface area contributed by atoms with Crippen molar-refractivity contribution in [2.45, 2.75) is 5.41 Å². The van der Waals surface area contributed by atoms with Crippen LogP contribution < -0.4 is 0 Å². The lowest BCUT2D eigenvalue weighted by Crippen LogP contribution is -2.27. The Balaban J connectivity index is 1.26. The predicted molar refractivity (Wildman–Crippen MR) is 176 cm³/mol. The average molecular weight is 561 g/mol. The van der Waals surface area contributed by atoms with Gasteiger partial charge >= 0.3 is 0 Å². The summed E-state index contributed by atoms with van der Waals surface area (Å²) in [5.74, 6) is 1.76. The molecule has 1 spiro atoms. The Morgan fingerprint density at radius 3 is 1.93 bits per heavy atom. The van der Waals surface area contributed by atoms with E-state index in [0.29, 0.717) is 0 Å². The van der Waals surface area contributed by atoms with Gasteiger partial charge in [0.05, 0.1) is 27.9 Å². The maximum absolute atomic E-state index is 5.51. The van der Waals surface area contributed by atoms with Gasteiger partial charge in [0.1, 0.15) is 11.2 Å². The van der Waals surface area contributed by atoms with E-state index in [1.807, 2.05) is 24.3 Å². The van der Waals surface area contributed by atoms with E-state index in [4.69, 9.17) is 15.0 Å². The number of para-hydroxylation sites is 2. The monoisotopic (exact) mass is 560 g/mol. The van der Waals surface area contributed by atoms with Crippen molar-refractivity contribution >= 4 is 21.9 Å². The molecule has 204 valence electrons. The Morgan fingerprint density at radius 2 is 1.14 bits per heavy atom. The van der Waals surface area contributed by atoms with E-state index in [1.165, 1.54) is 33.5 Å². The van der Waals surface area contributed by atoms with Gasteiger partial charge in [-0.3, -0.25) is 4.57 Å². The molecular weight excluding hydrogens is 536 g/mol. The molecule has 0 bridgehead atoms. The molecular formula is C40H24N4. The van der Waals surface area contributed by atoms with Crippen LogP contribution in [0, 0.1) is 0 Å². The Bertz CT molecular complexity index is 2410. The molecule has 2 aromatic heterocycles. The maximum atomic E-state index is 5.51. The van der Waals surface area contributed by atoms with E-state index in [9.17, 15) is 0 Å². The van der Waals surface area contributed by atoms with Gasteiger partial charge in [0.2, 0.25) is 0 Å². The molecule has 44 heavy (non-hydrogen) atoms. The molecule has 1 aliphatic heterocycles. The van der Waals surface area contributed by atoms with E-state index in [0.717, 1.165) is 50.4 Å². The Morgan fingerprint density at radius 1 is 0.477 bits per heavy atom. The van der Waals surface area contributed by atoms with Gasteiger partial charge in [-0.2, -0.15) is 0 Å². The van der Waals surface area contributed by atoms with E-state index in [2.05, 4.69) is 126 Å². The molecule has 6 aromatic carbocycles. The summed E-state index contributed by atoms with van der Waals surface area (Å²) in [7, 11) is 0. The predicted octanol–water partition coefficient (Wildman–Crippen LogP) is 8.98. The molecule has 0 fully saturated rings. The van der Waals surface area contributed by atoms with Crippen LogP contribution >= 0.6 is 0 Å². The zero-order valence-electron chi connectivity index (χ0n) is 23.6. The third-order valence-corrected chi connectivity index (χ3v) is 9.40. The van der Waals surface area contributed by atoms with Crippen LogP contribution in [-0.4, -0.2) is 19.5 Å². The molecule has 4 heteroatoms. The minimum atomic E-state index is -0.481. The highest BCUT2D eigenvalue weighted by atomic mass is 15.1. The second kappa shape index (κ2) is 8.59. The van der Waals surface area contributed by atoms with Gasteiger partial charge in [0.15, 0.2) is 5.82 Å². The summed E-state index contributed by atoms with van der Waals surface area (Å²) in [6, 6.07) is 51.5. The van der Waals surface area contributed by atoms with Gasteiger partial charge in [0, 0.05) is 16.5 Å². The van der Waals surface area contributed by atoms with Gasteiger partial charge in [-0.1, -0.05) is 121 Å². The van der Waals surface area contributed by atoms with Gasteiger partial charge in [-0.15, -0.1) is 0 Å². The molecule has 4 nitrogen and oxygen atoms in total. The average Bonchev–Trinajstić information content (AvgIpc) is 3.71. The van der Waals surface area contributed by atoms with Gasteiger partial charge in [-0.05, 0) is 52.1 Å². The van der Waals surface area contributed by atoms with E-state index in [1.54, 1.807) is 0 Å². The third-order valence-electron chi connectivity index (χ3n) is 9.40. The smallest absolute Gasteiger partial charge is 0.160 e. The van der Waals surface area contributed by atoms with Crippen LogP contribution in [0.4, 0.5) is 0 Å². The topological polar surface area (TPSA) is 43.6 Å². The number of aromatic nitrogens is 4. The van der Waals surface area contributed by atoms with Gasteiger partial charge in [-0.25, -0.2) is 15.0 Å². The van der Waals surface area contributed by atoms with Crippen LogP contribution in [0.5, 0.6) is 0 Å². The number of imidazole rings is 1. The lowest BCUT2D eigenvalue weighted by atomic mass is 9.73. The summed E-state index contributed by atoms with van der Waals surface area (Å²) < 4.78 is 2.38. The number of hydrogen-bond acceptors (Lipinski definition) is 3. The highest BCUT2D eigenvalue weighted by Crippen LogP contribution is 2.60. The molecule has 3 heterocycles. The zero-order chi connectivity index (χ0) is 28.8. The normalized spacial score (nSPS) is 13.6. The van der Waals surface area contributed by atoms with Crippen LogP contribution in [-0.2, 0) is 5.41 Å². The van der Waals surface area contributed by atoms with Crippen molar-refractivity contribution in [2.24, 2.45) is 0 Å². The summed E-state index contributed by atoms with van der Waals surface area (Å²) in [6.07, 6.45) is 0. The second-order valence-electron chi connectivity index (χ2n) is 11.6. The van der Waals surface area contributed by atoms with Crippen molar-refractivity contribution in [1.29, 1.82) is 0 Å². The molecule has 0 radical (unpaired) electrons. The lowest BCUT2D eigenvalue weighted by molar-refractivity contribution is 0.738. The largest absolute Gasteiger partial charge is 0.295 e. The fourth-order valence-corrected chi connectivity index (χ4v) is 7.61. The molecule has 1 aliphatic carbocycles. The van der Waals surface area contributed by atoms with Crippen LogP contribution in [0.3, 0.4) is 0 Å². The summed E-state index contributed by atoms with van der Waals surface area (Å²) in [5, 5.41) is 1.03. The number of nitrogens with zero attached hydrogens (tertiary/aromatic N) is 4. The minimum Gasteiger partial charge on any atom is -0.295 e. The molecule has 0 saturated carbocycles. The molecule has 0 amide bonds. The van der Waals surface area contributed by atoms with Crippen LogP contribution in [0.15, 0.2) is 146 Å². The summed E-state index contributed by atoms with van der Waals surface area (Å²) in [4.78, 5) is 15.6. The number of benzene rings is 6. The fraction of sp³-hybridized carbons (Fsp3) is 0.0250. The van der Waals surface area contributed by atoms with E-state index < -0.39 is 5.41 Å². The van der Waals surface area contributed by atoms with Crippen LogP contribution in [0.2, 0.25) is 0 Å². The second-order valence-corrected chi connectivity index (χ2v) is 11.6. The van der Waals surface area contributed by atoms with Gasteiger partial charge < -0.3 is 0 Å². The zero-order valence-corrected chi connectivity index (χ0v) is 23.6. The molecule has 0 N–H and O–H groups in total. The molecule has 10 rings (SSSR count). The summed E-state index contributed by atoms with van der Waals surface area (Å²) >= 11 is 0. The lowest BCUT2D eigenvalue weighted by Gasteiger charge is -2.27. The number of fused-ring (bicyclic) bond motifs is 13. The molecule has 0 atom stereocenters. The van der Waals surface area contributed by atoms with Crippen LogP contribution in [0.1, 0.15) is 22.5 Å². The maximum Gasteiger partial charge on any atom is 0.160 e. The van der Waals surface area contributed by atoms with Crippen molar-refractivity contribution in [3.05, 3.63) is 168 Å². The van der Waals surface area contributed by atoms with E-state index in [-0.39, 0.29) is 0 Å². The highest BCUT2D eigenvalue weighted by Gasteiger charge is 2.54. The molecule has 0 unspecified atom stereocenters. The molecule has 2 aliphatic rings. The third kappa shape index (κ3) is 2.94. The number of hydrogen-bond donors (Lipinski definition) is 0. The van der Waals surface area contributed by atoms with Crippen LogP contribution in [0.25, 0.3) is 61.4 Å². The fourth-order valence-electron chi connectivity index (χ4n) is 7.61. The first-order valence-electron chi connectivity index (χ1n) is 15.0. The SMILES string of the molecule is c1ccc(-c2nc(-c3ccc4c(c3)nc3n4-c4ccccc4C34c3ccccc3-c3ccccc34)c3ccccc3n2)cc1. The minimum absolute atomic E-state index is 0.481. The summed E-state index contributed by atoms with van der Waals surface area (Å²) in [5.41, 5.74) is 13.0. The number of rotatable bonds is 2. The van der Waals surface area contributed by atoms with Crippen molar-refractivity contribution in [3.8, 4) is 39.5 Å². The first-order valence-corrected chi connectivity index (χ1v) is 15.0. The molecule has 8 aromatic rings. The standard InChI is InChI=1S/C40H24N4/c1-2-12-25(13-3-1)38-41-33-20-10-6-16-29(33)37(43-38)26-22-23-36-34(24-26)42-39-40(32-19-9-11-21-35(32)44(36)39)30-17-7-4-14-27(30)28-15-5-8-18-31(28)40/h1-24H. The van der Waals surface area contributed by atoms with Crippen molar-refractivity contribution < 1.29 is 0 Å². The van der Waals surface area contributed by atoms with Gasteiger partial charge in [0.25, 0.3) is 0 Å². The molecule has 0 saturated heterocycles. The van der Waals surface area contributed by atoms with Crippen molar-refractivity contribution in [1.82, 2.24) is 19.5 Å². The quantitative estimate of drug-likeness (QED) is 0.212. The van der Waals surface area contributed by atoms with Crippen molar-refractivity contribution in [3.63, 3.8) is 0 Å². The van der Waals surface area contributed by atoms with E-state index >= 15 is 0 Å². The Hall–Kier alpha value is -5.87. The summed E-state index contributed by atoms with van der Waals surface area (Å²) in [6.45, 7) is 0. The highest BCUT2D eigenvalue weighted by molar-refractivity contribution is 5.97. The first-order chi connectivity index (χ1) is 21.8. The Kier molecular flexibility index (Phi) is 4.62. The first kappa shape index (κ1) is 23.7. The Labute approximate surface area is 254 Å².